The van der Waals surface area contributed by atoms with Gasteiger partial charge in [-0.25, -0.2) is 9.18 Å². The number of aromatic amines is 1. The molecule has 5 rings (SSSR count). The van der Waals surface area contributed by atoms with E-state index in [1.54, 1.807) is 48.2 Å². The summed E-state index contributed by atoms with van der Waals surface area (Å²) in [6.07, 6.45) is 0. The fourth-order valence-corrected chi connectivity index (χ4v) is 4.44. The molecular formula is C28H24FN3O4. The van der Waals surface area contributed by atoms with Crippen LogP contribution in [-0.4, -0.2) is 35.3 Å². The van der Waals surface area contributed by atoms with Crippen molar-refractivity contribution in [3.63, 3.8) is 0 Å². The number of ether oxygens (including phenoxy) is 2. The zero-order chi connectivity index (χ0) is 25.2. The summed E-state index contributed by atoms with van der Waals surface area (Å²) in [6.45, 7) is 4.49. The molecule has 8 heteroatoms. The van der Waals surface area contributed by atoms with Crippen molar-refractivity contribution in [1.29, 1.82) is 0 Å². The standard InChI is InChI=1S/C28H24FN3O4/c1-3-35-22-15-9-17(10-16-22)24-23-25(31-30-24)27(33)32(26(23)18-5-11-20(29)12-6-18)21-13-7-19(8-14-21)28(34)36-4-2/h5-16,26H,3-4H2,1-2H3,(H,30,31)/t26-/m1/s1. The molecule has 0 bridgehead atoms. The highest BCUT2D eigenvalue weighted by Gasteiger charge is 2.43. The highest BCUT2D eigenvalue weighted by molar-refractivity contribution is 6.12. The number of rotatable bonds is 7. The third-order valence-electron chi connectivity index (χ3n) is 6.05. The first kappa shape index (κ1) is 23.3. The van der Waals surface area contributed by atoms with E-state index in [-0.39, 0.29) is 18.3 Å². The number of halogens is 1. The Hall–Kier alpha value is -4.46. The summed E-state index contributed by atoms with van der Waals surface area (Å²) >= 11 is 0. The van der Waals surface area contributed by atoms with Gasteiger partial charge in [-0.1, -0.05) is 12.1 Å². The number of carbonyl (C=O) groups excluding carboxylic acids is 2. The van der Waals surface area contributed by atoms with Crippen LogP contribution in [-0.2, 0) is 4.74 Å². The second kappa shape index (κ2) is 9.65. The van der Waals surface area contributed by atoms with Crippen LogP contribution in [0.5, 0.6) is 5.75 Å². The SMILES string of the molecule is CCOC(=O)c1ccc(N2C(=O)c3[nH]nc(-c4ccc(OCC)cc4)c3[C@H]2c2ccc(F)cc2)cc1. The van der Waals surface area contributed by atoms with Gasteiger partial charge in [0.1, 0.15) is 17.3 Å². The number of hydrogen-bond donors (Lipinski definition) is 1. The molecule has 1 aromatic heterocycles. The number of amides is 1. The van der Waals surface area contributed by atoms with Crippen LogP contribution < -0.4 is 9.64 Å². The fourth-order valence-electron chi connectivity index (χ4n) is 4.44. The van der Waals surface area contributed by atoms with Crippen molar-refractivity contribution in [2.75, 3.05) is 18.1 Å². The minimum absolute atomic E-state index is 0.270. The number of anilines is 1. The van der Waals surface area contributed by atoms with Crippen LogP contribution in [0.4, 0.5) is 10.1 Å². The Kier molecular flexibility index (Phi) is 6.25. The van der Waals surface area contributed by atoms with Gasteiger partial charge in [0.05, 0.1) is 30.5 Å². The van der Waals surface area contributed by atoms with Gasteiger partial charge < -0.3 is 9.47 Å². The average molecular weight is 486 g/mol. The molecule has 1 aliphatic heterocycles. The summed E-state index contributed by atoms with van der Waals surface area (Å²) in [7, 11) is 0. The molecule has 7 nitrogen and oxygen atoms in total. The number of benzene rings is 3. The summed E-state index contributed by atoms with van der Waals surface area (Å²) in [5.41, 5.74) is 4.21. The second-order valence-electron chi connectivity index (χ2n) is 8.21. The van der Waals surface area contributed by atoms with Gasteiger partial charge in [0.25, 0.3) is 5.91 Å². The van der Waals surface area contributed by atoms with Crippen LogP contribution >= 0.6 is 0 Å². The molecule has 0 spiro atoms. The van der Waals surface area contributed by atoms with Gasteiger partial charge in [-0.2, -0.15) is 5.10 Å². The first-order valence-electron chi connectivity index (χ1n) is 11.7. The number of esters is 1. The molecule has 1 N–H and O–H groups in total. The zero-order valence-electron chi connectivity index (χ0n) is 19.8. The van der Waals surface area contributed by atoms with E-state index in [1.165, 1.54) is 12.1 Å². The van der Waals surface area contributed by atoms with E-state index < -0.39 is 12.0 Å². The van der Waals surface area contributed by atoms with E-state index in [9.17, 15) is 14.0 Å². The lowest BCUT2D eigenvalue weighted by Crippen LogP contribution is -2.29. The highest BCUT2D eigenvalue weighted by atomic mass is 19.1. The number of fused-ring (bicyclic) bond motifs is 1. The lowest BCUT2D eigenvalue weighted by molar-refractivity contribution is 0.0526. The van der Waals surface area contributed by atoms with E-state index >= 15 is 0 Å². The molecule has 4 aromatic rings. The molecule has 1 amide bonds. The minimum Gasteiger partial charge on any atom is -0.494 e. The van der Waals surface area contributed by atoms with Gasteiger partial charge >= 0.3 is 5.97 Å². The molecule has 0 saturated heterocycles. The van der Waals surface area contributed by atoms with Crippen molar-refractivity contribution in [2.45, 2.75) is 19.9 Å². The molecule has 2 heterocycles. The fraction of sp³-hybridized carbons (Fsp3) is 0.179. The quantitative estimate of drug-likeness (QED) is 0.348. The Balaban J connectivity index is 1.60. The monoisotopic (exact) mass is 485 g/mol. The Bertz CT molecular complexity index is 1400. The van der Waals surface area contributed by atoms with Crippen molar-refractivity contribution < 1.29 is 23.5 Å². The summed E-state index contributed by atoms with van der Waals surface area (Å²) in [5, 5.41) is 7.38. The molecule has 1 aliphatic rings. The van der Waals surface area contributed by atoms with Crippen molar-refractivity contribution in [3.8, 4) is 17.0 Å². The molecule has 36 heavy (non-hydrogen) atoms. The van der Waals surface area contributed by atoms with Gasteiger partial charge in [0.15, 0.2) is 0 Å². The summed E-state index contributed by atoms with van der Waals surface area (Å²) in [4.78, 5) is 27.4. The Morgan fingerprint density at radius 3 is 2.31 bits per heavy atom. The number of nitrogens with zero attached hydrogens (tertiary/aromatic N) is 2. The van der Waals surface area contributed by atoms with E-state index in [2.05, 4.69) is 10.2 Å². The molecule has 1 atom stereocenters. The zero-order valence-corrected chi connectivity index (χ0v) is 19.8. The number of H-pyrrole nitrogens is 1. The third kappa shape index (κ3) is 4.11. The van der Waals surface area contributed by atoms with Crippen molar-refractivity contribution in [3.05, 3.63) is 101 Å². The summed E-state index contributed by atoms with van der Waals surface area (Å²) in [6, 6.07) is 19.7. The second-order valence-corrected chi connectivity index (χ2v) is 8.21. The Labute approximate surface area is 207 Å². The predicted molar refractivity (Wildman–Crippen MR) is 133 cm³/mol. The Morgan fingerprint density at radius 2 is 1.67 bits per heavy atom. The molecule has 0 radical (unpaired) electrons. The molecule has 0 aliphatic carbocycles. The van der Waals surface area contributed by atoms with Crippen LogP contribution in [0.1, 0.15) is 51.9 Å². The van der Waals surface area contributed by atoms with Crippen LogP contribution in [0, 0.1) is 5.82 Å². The van der Waals surface area contributed by atoms with Gasteiger partial charge in [-0.05, 0) is 80.1 Å². The van der Waals surface area contributed by atoms with E-state index in [0.717, 1.165) is 16.9 Å². The van der Waals surface area contributed by atoms with Crippen LogP contribution in [0.2, 0.25) is 0 Å². The lowest BCUT2D eigenvalue weighted by Gasteiger charge is -2.26. The largest absolute Gasteiger partial charge is 0.494 e. The smallest absolute Gasteiger partial charge is 0.338 e. The molecule has 182 valence electrons. The van der Waals surface area contributed by atoms with Crippen LogP contribution in [0.25, 0.3) is 11.3 Å². The minimum atomic E-state index is -0.554. The maximum Gasteiger partial charge on any atom is 0.338 e. The lowest BCUT2D eigenvalue weighted by atomic mass is 9.95. The number of hydrogen-bond acceptors (Lipinski definition) is 5. The maximum atomic E-state index is 13.8. The highest BCUT2D eigenvalue weighted by Crippen LogP contribution is 2.45. The van der Waals surface area contributed by atoms with Crippen LogP contribution in [0.3, 0.4) is 0 Å². The Morgan fingerprint density at radius 1 is 0.972 bits per heavy atom. The van der Waals surface area contributed by atoms with E-state index in [4.69, 9.17) is 9.47 Å². The summed E-state index contributed by atoms with van der Waals surface area (Å²) in [5.74, 6) is -0.331. The third-order valence-corrected chi connectivity index (χ3v) is 6.05. The molecular weight excluding hydrogens is 461 g/mol. The number of aromatic nitrogens is 2. The topological polar surface area (TPSA) is 84.5 Å². The van der Waals surface area contributed by atoms with E-state index in [1.807, 2.05) is 31.2 Å². The predicted octanol–water partition coefficient (Wildman–Crippen LogP) is 5.54. The van der Waals surface area contributed by atoms with Crippen LogP contribution in [0.15, 0.2) is 72.8 Å². The van der Waals surface area contributed by atoms with Crippen molar-refractivity contribution in [1.82, 2.24) is 10.2 Å². The average Bonchev–Trinajstić information content (AvgIpc) is 3.44. The van der Waals surface area contributed by atoms with E-state index in [0.29, 0.717) is 34.8 Å². The summed E-state index contributed by atoms with van der Waals surface area (Å²) < 4.78 is 24.4. The molecule has 0 unspecified atom stereocenters. The number of carbonyl (C=O) groups is 2. The first-order chi connectivity index (χ1) is 17.5. The normalized spacial score (nSPS) is 14.6. The maximum absolute atomic E-state index is 13.8. The number of nitrogens with one attached hydrogen (secondary N) is 1. The molecule has 3 aromatic carbocycles. The van der Waals surface area contributed by atoms with Gasteiger partial charge in [-0.15, -0.1) is 0 Å². The molecule has 0 fully saturated rings. The first-order valence-corrected chi connectivity index (χ1v) is 11.7. The van der Waals surface area contributed by atoms with Crippen molar-refractivity contribution >= 4 is 17.6 Å². The molecule has 0 saturated carbocycles. The van der Waals surface area contributed by atoms with Gasteiger partial charge in [0.2, 0.25) is 0 Å². The van der Waals surface area contributed by atoms with Gasteiger partial charge in [0, 0.05) is 16.8 Å². The van der Waals surface area contributed by atoms with Gasteiger partial charge in [-0.3, -0.25) is 14.8 Å². The van der Waals surface area contributed by atoms with Crippen molar-refractivity contribution in [2.24, 2.45) is 0 Å².